The van der Waals surface area contributed by atoms with Gasteiger partial charge in [-0.2, -0.15) is 0 Å². The van der Waals surface area contributed by atoms with Crippen LogP contribution in [-0.2, 0) is 4.79 Å². The zero-order valence-corrected chi connectivity index (χ0v) is 8.70. The lowest BCUT2D eigenvalue weighted by Gasteiger charge is -2.02. The van der Waals surface area contributed by atoms with Crippen LogP contribution in [0.4, 0.5) is 0 Å². The number of alkyl halides is 1. The summed E-state index contributed by atoms with van der Waals surface area (Å²) in [5.41, 5.74) is 0. The summed E-state index contributed by atoms with van der Waals surface area (Å²) in [6.45, 7) is 0. The molecule has 2 rings (SSSR count). The van der Waals surface area contributed by atoms with E-state index < -0.39 is 4.87 Å². The first kappa shape index (κ1) is 10.2. The van der Waals surface area contributed by atoms with E-state index in [0.29, 0.717) is 12.8 Å². The lowest BCUT2D eigenvalue weighted by molar-refractivity contribution is -0.118. The first-order chi connectivity index (χ1) is 7.12. The molecule has 1 heterocycles. The maximum atomic E-state index is 11.5. The van der Waals surface area contributed by atoms with E-state index in [2.05, 4.69) is 9.97 Å². The van der Waals surface area contributed by atoms with Crippen LogP contribution in [0, 0.1) is 0 Å². The molecule has 0 radical (unpaired) electrons. The second-order valence-corrected chi connectivity index (χ2v) is 4.28. The fourth-order valence-corrected chi connectivity index (χ4v) is 1.38. The molecule has 1 aliphatic rings. The fraction of sp³-hybridized carbons (Fsp3) is 0.400. The molecule has 0 unspecified atom stereocenters. The van der Waals surface area contributed by atoms with Gasteiger partial charge in [-0.05, 0) is 18.9 Å². The molecule has 1 fully saturated rings. The highest BCUT2D eigenvalue weighted by Gasteiger charge is 2.48. The van der Waals surface area contributed by atoms with Gasteiger partial charge in [0.15, 0.2) is 11.6 Å². The van der Waals surface area contributed by atoms with E-state index in [1.54, 1.807) is 6.07 Å². The van der Waals surface area contributed by atoms with E-state index in [1.807, 2.05) is 0 Å². The Bertz CT molecular complexity index is 401. The van der Waals surface area contributed by atoms with Gasteiger partial charge in [0.1, 0.15) is 4.87 Å². The number of aromatic nitrogens is 2. The van der Waals surface area contributed by atoms with Crippen molar-refractivity contribution in [1.29, 1.82) is 0 Å². The van der Waals surface area contributed by atoms with Crippen LogP contribution in [0.3, 0.4) is 0 Å². The van der Waals surface area contributed by atoms with E-state index >= 15 is 0 Å². The number of Topliss-reactive ketones (excluding diaryl/α,β-unsaturated/α-hetero) is 2. The highest BCUT2D eigenvalue weighted by Crippen LogP contribution is 2.44. The number of nitrogens with zero attached hydrogens (tertiary/aromatic N) is 2. The van der Waals surface area contributed by atoms with Crippen molar-refractivity contribution in [2.75, 3.05) is 0 Å². The summed E-state index contributed by atoms with van der Waals surface area (Å²) in [6, 6.07) is 1.61. The quantitative estimate of drug-likeness (QED) is 0.441. The van der Waals surface area contributed by atoms with Crippen LogP contribution >= 0.6 is 11.6 Å². The fourth-order valence-electron chi connectivity index (χ4n) is 1.21. The number of ketones is 2. The molecule has 4 nitrogen and oxygen atoms in total. The maximum absolute atomic E-state index is 11.5. The predicted octanol–water partition coefficient (Wildman–Crippen LogP) is 1.39. The van der Waals surface area contributed by atoms with Crippen molar-refractivity contribution >= 4 is 23.2 Å². The third-order valence-electron chi connectivity index (χ3n) is 2.32. The summed E-state index contributed by atoms with van der Waals surface area (Å²) < 4.78 is 0. The molecule has 0 bridgehead atoms. The molecule has 78 valence electrons. The Labute approximate surface area is 91.7 Å². The van der Waals surface area contributed by atoms with Crippen molar-refractivity contribution in [3.05, 3.63) is 24.3 Å². The molecule has 15 heavy (non-hydrogen) atoms. The third-order valence-corrected chi connectivity index (χ3v) is 2.91. The van der Waals surface area contributed by atoms with Crippen LogP contribution in [0.25, 0.3) is 0 Å². The Hall–Kier alpha value is -1.29. The summed E-state index contributed by atoms with van der Waals surface area (Å²) in [4.78, 5) is 29.8. The Balaban J connectivity index is 2.02. The van der Waals surface area contributed by atoms with Gasteiger partial charge in [0.2, 0.25) is 5.78 Å². The normalized spacial score (nSPS) is 17.1. The number of carbonyl (C=O) groups excluding carboxylic acids is 2. The van der Waals surface area contributed by atoms with Crippen molar-refractivity contribution in [3.8, 4) is 0 Å². The summed E-state index contributed by atoms with van der Waals surface area (Å²) in [7, 11) is 0. The number of carbonyl (C=O) groups is 2. The molecular formula is C10H9ClN2O2. The minimum absolute atomic E-state index is 0.0757. The van der Waals surface area contributed by atoms with Gasteiger partial charge in [0, 0.05) is 12.4 Å². The van der Waals surface area contributed by atoms with Gasteiger partial charge in [-0.1, -0.05) is 0 Å². The third kappa shape index (κ3) is 2.21. The number of hydrogen-bond acceptors (Lipinski definition) is 4. The van der Waals surface area contributed by atoms with Gasteiger partial charge in [-0.25, -0.2) is 9.97 Å². The minimum Gasteiger partial charge on any atom is -0.297 e. The van der Waals surface area contributed by atoms with Crippen molar-refractivity contribution in [3.63, 3.8) is 0 Å². The number of hydrogen-bond donors (Lipinski definition) is 0. The van der Waals surface area contributed by atoms with E-state index in [9.17, 15) is 9.59 Å². The molecule has 1 saturated carbocycles. The lowest BCUT2D eigenvalue weighted by atomic mass is 10.1. The first-order valence-corrected chi connectivity index (χ1v) is 5.02. The Morgan fingerprint density at radius 2 is 1.93 bits per heavy atom. The Morgan fingerprint density at radius 1 is 1.33 bits per heavy atom. The summed E-state index contributed by atoms with van der Waals surface area (Å²) >= 11 is 5.88. The van der Waals surface area contributed by atoms with Crippen molar-refractivity contribution in [1.82, 2.24) is 9.97 Å². The van der Waals surface area contributed by atoms with Gasteiger partial charge in [-0.15, -0.1) is 11.6 Å². The topological polar surface area (TPSA) is 59.9 Å². The van der Waals surface area contributed by atoms with Gasteiger partial charge in [0.05, 0.1) is 6.42 Å². The van der Waals surface area contributed by atoms with Gasteiger partial charge in [-0.3, -0.25) is 9.59 Å². The largest absolute Gasteiger partial charge is 0.297 e. The second kappa shape index (κ2) is 3.70. The molecule has 0 spiro atoms. The molecule has 1 aromatic heterocycles. The van der Waals surface area contributed by atoms with Crippen LogP contribution in [-0.4, -0.2) is 26.4 Å². The summed E-state index contributed by atoms with van der Waals surface area (Å²) in [6.07, 6.45) is 4.07. The first-order valence-electron chi connectivity index (χ1n) is 4.64. The SMILES string of the molecule is O=C(CC(=O)C1(Cl)CC1)c1ncccn1. The molecule has 0 aromatic carbocycles. The number of rotatable bonds is 4. The Morgan fingerprint density at radius 3 is 2.47 bits per heavy atom. The van der Waals surface area contributed by atoms with Gasteiger partial charge in [0.25, 0.3) is 0 Å². The standard InChI is InChI=1S/C10H9ClN2O2/c11-10(2-3-10)8(15)6-7(14)9-12-4-1-5-13-9/h1,4-5H,2-3,6H2. The molecule has 0 aliphatic heterocycles. The van der Waals surface area contributed by atoms with Gasteiger partial charge < -0.3 is 0 Å². The van der Waals surface area contributed by atoms with Crippen molar-refractivity contribution in [2.24, 2.45) is 0 Å². The number of halogens is 1. The Kier molecular flexibility index (Phi) is 2.52. The van der Waals surface area contributed by atoms with Crippen LogP contribution in [0.2, 0.25) is 0 Å². The smallest absolute Gasteiger partial charge is 0.207 e. The molecule has 1 aromatic rings. The second-order valence-electron chi connectivity index (χ2n) is 3.56. The molecule has 5 heteroatoms. The molecule has 0 atom stereocenters. The summed E-state index contributed by atoms with van der Waals surface area (Å²) in [5, 5.41) is 0. The van der Waals surface area contributed by atoms with Crippen molar-refractivity contribution in [2.45, 2.75) is 24.1 Å². The highest BCUT2D eigenvalue weighted by atomic mass is 35.5. The maximum Gasteiger partial charge on any atom is 0.207 e. The average Bonchev–Trinajstić information content (AvgIpc) is 2.99. The lowest BCUT2D eigenvalue weighted by Crippen LogP contribution is -2.20. The van der Waals surface area contributed by atoms with E-state index in [1.165, 1.54) is 12.4 Å². The highest BCUT2D eigenvalue weighted by molar-refractivity contribution is 6.39. The van der Waals surface area contributed by atoms with Crippen LogP contribution in [0.1, 0.15) is 29.9 Å². The molecule has 0 N–H and O–H groups in total. The summed E-state index contributed by atoms with van der Waals surface area (Å²) in [5.74, 6) is -0.513. The predicted molar refractivity (Wildman–Crippen MR) is 53.8 cm³/mol. The van der Waals surface area contributed by atoms with E-state index in [-0.39, 0.29) is 23.8 Å². The zero-order valence-electron chi connectivity index (χ0n) is 7.94. The van der Waals surface area contributed by atoms with Crippen LogP contribution in [0.5, 0.6) is 0 Å². The van der Waals surface area contributed by atoms with Crippen LogP contribution in [0.15, 0.2) is 18.5 Å². The van der Waals surface area contributed by atoms with Gasteiger partial charge >= 0.3 is 0 Å². The van der Waals surface area contributed by atoms with E-state index in [4.69, 9.17) is 11.6 Å². The van der Waals surface area contributed by atoms with Crippen LogP contribution < -0.4 is 0 Å². The molecule has 0 amide bonds. The monoisotopic (exact) mass is 224 g/mol. The van der Waals surface area contributed by atoms with Crippen molar-refractivity contribution < 1.29 is 9.59 Å². The van der Waals surface area contributed by atoms with E-state index in [0.717, 1.165) is 0 Å². The zero-order chi connectivity index (χ0) is 10.9. The average molecular weight is 225 g/mol. The molecule has 1 aliphatic carbocycles. The minimum atomic E-state index is -0.773. The molecule has 0 saturated heterocycles. The molecular weight excluding hydrogens is 216 g/mol.